The third-order valence-corrected chi connectivity index (χ3v) is 6.04. The van der Waals surface area contributed by atoms with E-state index in [0.717, 1.165) is 27.9 Å². The molecule has 2 rings (SSSR count). The summed E-state index contributed by atoms with van der Waals surface area (Å²) in [6.07, 6.45) is 0.919. The largest absolute Gasteiger partial charge is 0.497 e. The first-order valence-corrected chi connectivity index (χ1v) is 9.26. The van der Waals surface area contributed by atoms with Crippen LogP contribution >= 0.6 is 43.5 Å². The van der Waals surface area contributed by atoms with Crippen molar-refractivity contribution < 1.29 is 4.74 Å². The van der Waals surface area contributed by atoms with Crippen LogP contribution in [0.25, 0.3) is 0 Å². The normalized spacial score (nSPS) is 11.4. The fourth-order valence-corrected chi connectivity index (χ4v) is 4.46. The van der Waals surface area contributed by atoms with Crippen LogP contribution in [0.2, 0.25) is 5.02 Å². The zero-order valence-electron chi connectivity index (χ0n) is 11.8. The van der Waals surface area contributed by atoms with Gasteiger partial charge in [-0.1, -0.05) is 67.7 Å². The highest BCUT2D eigenvalue weighted by atomic mass is 79.9. The number of benzene rings is 2. The van der Waals surface area contributed by atoms with Crippen molar-refractivity contribution in [3.63, 3.8) is 0 Å². The summed E-state index contributed by atoms with van der Waals surface area (Å²) in [5, 5.41) is 2.49. The molecule has 0 aliphatic heterocycles. The topological polar surface area (TPSA) is 9.23 Å². The SMILES string of the molecule is COc1cccc(CC(CBr)(CBr)c2ccc(Cl)cc2)c1. The van der Waals surface area contributed by atoms with Crippen molar-refractivity contribution in [1.82, 2.24) is 0 Å². The van der Waals surface area contributed by atoms with Crippen LogP contribution in [0.15, 0.2) is 48.5 Å². The van der Waals surface area contributed by atoms with Gasteiger partial charge < -0.3 is 4.74 Å². The molecule has 0 aliphatic carbocycles. The summed E-state index contributed by atoms with van der Waals surface area (Å²) in [5.41, 5.74) is 2.50. The van der Waals surface area contributed by atoms with Gasteiger partial charge in [0.15, 0.2) is 0 Å². The molecule has 0 heterocycles. The molecule has 0 saturated heterocycles. The summed E-state index contributed by atoms with van der Waals surface area (Å²) in [4.78, 5) is 0. The van der Waals surface area contributed by atoms with Crippen LogP contribution in [-0.2, 0) is 11.8 Å². The fraction of sp³-hybridized carbons (Fsp3) is 0.294. The van der Waals surface area contributed by atoms with E-state index >= 15 is 0 Å². The molecule has 0 amide bonds. The average molecular weight is 433 g/mol. The molecule has 0 bridgehead atoms. The van der Waals surface area contributed by atoms with Crippen molar-refractivity contribution >= 4 is 43.5 Å². The van der Waals surface area contributed by atoms with Gasteiger partial charge in [0.1, 0.15) is 5.75 Å². The zero-order chi connectivity index (χ0) is 15.3. The molecule has 2 aromatic carbocycles. The van der Waals surface area contributed by atoms with Crippen LogP contribution in [0.1, 0.15) is 11.1 Å². The molecule has 0 radical (unpaired) electrons. The van der Waals surface area contributed by atoms with Gasteiger partial charge in [0.05, 0.1) is 7.11 Å². The molecule has 1 nitrogen and oxygen atoms in total. The van der Waals surface area contributed by atoms with E-state index < -0.39 is 0 Å². The van der Waals surface area contributed by atoms with Gasteiger partial charge in [0.25, 0.3) is 0 Å². The van der Waals surface area contributed by atoms with Gasteiger partial charge in [-0.2, -0.15) is 0 Å². The van der Waals surface area contributed by atoms with E-state index in [1.54, 1.807) is 7.11 Å². The molecule has 0 spiro atoms. The first kappa shape index (κ1) is 16.9. The maximum Gasteiger partial charge on any atom is 0.119 e. The summed E-state index contributed by atoms with van der Waals surface area (Å²) in [7, 11) is 1.69. The van der Waals surface area contributed by atoms with E-state index in [9.17, 15) is 0 Å². The Morgan fingerprint density at radius 2 is 1.71 bits per heavy atom. The number of hydrogen-bond acceptors (Lipinski definition) is 1. The number of ether oxygens (including phenoxy) is 1. The van der Waals surface area contributed by atoms with Crippen LogP contribution < -0.4 is 4.74 Å². The monoisotopic (exact) mass is 430 g/mol. The van der Waals surface area contributed by atoms with Crippen molar-refractivity contribution in [3.05, 3.63) is 64.7 Å². The highest BCUT2D eigenvalue weighted by Gasteiger charge is 2.30. The number of halogens is 3. The van der Waals surface area contributed by atoms with Gasteiger partial charge in [0.2, 0.25) is 0 Å². The smallest absolute Gasteiger partial charge is 0.119 e. The standard InChI is InChI=1S/C17H17Br2ClO/c1-21-16-4-2-3-13(9-16)10-17(11-18,12-19)14-5-7-15(20)8-6-14/h2-9H,10-12H2,1H3. The summed E-state index contributed by atoms with van der Waals surface area (Å²) in [6.45, 7) is 0. The Labute approximate surface area is 147 Å². The maximum atomic E-state index is 6.01. The van der Waals surface area contributed by atoms with Gasteiger partial charge in [-0.3, -0.25) is 0 Å². The minimum Gasteiger partial charge on any atom is -0.497 e. The fourth-order valence-electron chi connectivity index (χ4n) is 2.36. The maximum absolute atomic E-state index is 6.01. The van der Waals surface area contributed by atoms with E-state index in [0.29, 0.717) is 0 Å². The lowest BCUT2D eigenvalue weighted by molar-refractivity contribution is 0.413. The Bertz CT molecular complexity index is 580. The van der Waals surface area contributed by atoms with Crippen LogP contribution in [0.4, 0.5) is 0 Å². The predicted octanol–water partition coefficient (Wildman–Crippen LogP) is 5.62. The lowest BCUT2D eigenvalue weighted by Gasteiger charge is -2.31. The Morgan fingerprint density at radius 1 is 1.05 bits per heavy atom. The summed E-state index contributed by atoms with van der Waals surface area (Å²) in [6, 6.07) is 16.3. The van der Waals surface area contributed by atoms with Crippen molar-refractivity contribution in [2.45, 2.75) is 11.8 Å². The minimum atomic E-state index is -0.0169. The second kappa shape index (κ2) is 7.66. The van der Waals surface area contributed by atoms with Crippen molar-refractivity contribution in [2.75, 3.05) is 17.8 Å². The van der Waals surface area contributed by atoms with Crippen molar-refractivity contribution in [2.24, 2.45) is 0 Å². The number of rotatable bonds is 6. The highest BCUT2D eigenvalue weighted by Crippen LogP contribution is 2.34. The molecule has 0 aliphatic rings. The number of alkyl halides is 2. The third-order valence-electron chi connectivity index (χ3n) is 3.64. The van der Waals surface area contributed by atoms with Crippen LogP contribution in [0.3, 0.4) is 0 Å². The molecule has 21 heavy (non-hydrogen) atoms. The molecular weight excluding hydrogens is 415 g/mol. The van der Waals surface area contributed by atoms with Crippen LogP contribution in [0, 0.1) is 0 Å². The molecule has 0 aromatic heterocycles. The molecule has 0 unspecified atom stereocenters. The molecule has 112 valence electrons. The van der Waals surface area contributed by atoms with Crippen molar-refractivity contribution in [1.29, 1.82) is 0 Å². The number of methoxy groups -OCH3 is 1. The highest BCUT2D eigenvalue weighted by molar-refractivity contribution is 9.09. The van der Waals surface area contributed by atoms with Gasteiger partial charge in [-0.15, -0.1) is 0 Å². The van der Waals surface area contributed by atoms with Crippen molar-refractivity contribution in [3.8, 4) is 5.75 Å². The molecule has 0 fully saturated rings. The molecule has 4 heteroatoms. The Balaban J connectivity index is 2.35. The minimum absolute atomic E-state index is 0.0169. The van der Waals surface area contributed by atoms with Gasteiger partial charge in [-0.05, 0) is 41.8 Å². The van der Waals surface area contributed by atoms with E-state index in [1.807, 2.05) is 24.3 Å². The Morgan fingerprint density at radius 3 is 2.29 bits per heavy atom. The second-order valence-electron chi connectivity index (χ2n) is 5.08. The van der Waals surface area contributed by atoms with Gasteiger partial charge in [-0.25, -0.2) is 0 Å². The number of hydrogen-bond donors (Lipinski definition) is 0. The molecule has 0 N–H and O–H groups in total. The lowest BCUT2D eigenvalue weighted by atomic mass is 9.79. The van der Waals surface area contributed by atoms with E-state index in [4.69, 9.17) is 16.3 Å². The van der Waals surface area contributed by atoms with Crippen LogP contribution in [-0.4, -0.2) is 17.8 Å². The summed E-state index contributed by atoms with van der Waals surface area (Å²) < 4.78 is 5.32. The quantitative estimate of drug-likeness (QED) is 0.539. The summed E-state index contributed by atoms with van der Waals surface area (Å²) >= 11 is 13.4. The third kappa shape index (κ3) is 4.02. The van der Waals surface area contributed by atoms with E-state index in [-0.39, 0.29) is 5.41 Å². The average Bonchev–Trinajstić information content (AvgIpc) is 2.54. The molecule has 0 atom stereocenters. The molecule has 2 aromatic rings. The summed E-state index contributed by atoms with van der Waals surface area (Å²) in [5.74, 6) is 0.890. The molecular formula is C17H17Br2ClO. The van der Waals surface area contributed by atoms with E-state index in [2.05, 4.69) is 56.1 Å². The van der Waals surface area contributed by atoms with Crippen LogP contribution in [0.5, 0.6) is 5.75 Å². The molecule has 0 saturated carbocycles. The predicted molar refractivity (Wildman–Crippen MR) is 97.4 cm³/mol. The Hall–Kier alpha value is -0.510. The van der Waals surface area contributed by atoms with Gasteiger partial charge in [0, 0.05) is 21.1 Å². The lowest BCUT2D eigenvalue weighted by Crippen LogP contribution is -2.32. The van der Waals surface area contributed by atoms with E-state index in [1.165, 1.54) is 11.1 Å². The van der Waals surface area contributed by atoms with Gasteiger partial charge >= 0.3 is 0 Å². The second-order valence-corrected chi connectivity index (χ2v) is 6.64. The first-order chi connectivity index (χ1) is 10.1. The first-order valence-electron chi connectivity index (χ1n) is 6.64. The zero-order valence-corrected chi connectivity index (χ0v) is 15.7. The Kier molecular flexibility index (Phi) is 6.15.